The van der Waals surface area contributed by atoms with Gasteiger partial charge >= 0.3 is 0 Å². The second-order valence-corrected chi connectivity index (χ2v) is 7.35. The van der Waals surface area contributed by atoms with Gasteiger partial charge in [-0.05, 0) is 50.8 Å². The van der Waals surface area contributed by atoms with Gasteiger partial charge in [0, 0.05) is 17.1 Å². The summed E-state index contributed by atoms with van der Waals surface area (Å²) < 4.78 is 1.80. The van der Waals surface area contributed by atoms with Crippen molar-refractivity contribution in [3.8, 4) is 5.69 Å². The van der Waals surface area contributed by atoms with E-state index in [1.54, 1.807) is 10.9 Å². The van der Waals surface area contributed by atoms with Crippen molar-refractivity contribution in [3.63, 3.8) is 0 Å². The van der Waals surface area contributed by atoms with Gasteiger partial charge < -0.3 is 4.90 Å². The maximum atomic E-state index is 13.2. The van der Waals surface area contributed by atoms with Crippen LogP contribution in [-0.2, 0) is 0 Å². The highest BCUT2D eigenvalue weighted by Gasteiger charge is 2.39. The van der Waals surface area contributed by atoms with Crippen molar-refractivity contribution >= 4 is 17.5 Å². The van der Waals surface area contributed by atoms with Gasteiger partial charge in [0.25, 0.3) is 5.91 Å². The van der Waals surface area contributed by atoms with Crippen LogP contribution in [0.4, 0.5) is 0 Å². The van der Waals surface area contributed by atoms with Crippen molar-refractivity contribution in [2.24, 2.45) is 0 Å². The second-order valence-electron chi connectivity index (χ2n) is 6.92. The average Bonchev–Trinajstić information content (AvgIpc) is 3.09. The van der Waals surface area contributed by atoms with Crippen LogP contribution in [0.5, 0.6) is 0 Å². The number of aromatic nitrogens is 2. The Bertz CT molecular complexity index is 760. The molecule has 1 aromatic heterocycles. The van der Waals surface area contributed by atoms with Crippen molar-refractivity contribution in [1.82, 2.24) is 14.7 Å². The predicted octanol–water partition coefficient (Wildman–Crippen LogP) is 4.38. The van der Waals surface area contributed by atoms with E-state index >= 15 is 0 Å². The molecule has 0 spiro atoms. The van der Waals surface area contributed by atoms with Gasteiger partial charge in [0.2, 0.25) is 0 Å². The zero-order valence-corrected chi connectivity index (χ0v) is 14.7. The molecule has 5 heteroatoms. The van der Waals surface area contributed by atoms with Crippen LogP contribution in [0.3, 0.4) is 0 Å². The lowest BCUT2D eigenvalue weighted by molar-refractivity contribution is 0.0663. The summed E-state index contributed by atoms with van der Waals surface area (Å²) in [6, 6.07) is 8.41. The molecule has 24 heavy (non-hydrogen) atoms. The average molecular weight is 344 g/mol. The summed E-state index contributed by atoms with van der Waals surface area (Å²) in [7, 11) is 0. The lowest BCUT2D eigenvalue weighted by Gasteiger charge is -2.29. The lowest BCUT2D eigenvalue weighted by Crippen LogP contribution is -2.40. The van der Waals surface area contributed by atoms with Crippen LogP contribution in [-0.4, -0.2) is 32.7 Å². The first kappa shape index (κ1) is 15.7. The predicted molar refractivity (Wildman–Crippen MR) is 94.8 cm³/mol. The smallest absolute Gasteiger partial charge is 0.257 e. The van der Waals surface area contributed by atoms with Crippen molar-refractivity contribution in [2.75, 3.05) is 0 Å². The van der Waals surface area contributed by atoms with Crippen LogP contribution in [0.1, 0.15) is 54.6 Å². The van der Waals surface area contributed by atoms with Gasteiger partial charge in [0.15, 0.2) is 0 Å². The minimum Gasteiger partial charge on any atom is -0.333 e. The first-order valence-corrected chi connectivity index (χ1v) is 9.16. The maximum Gasteiger partial charge on any atom is 0.257 e. The minimum absolute atomic E-state index is 0.148. The highest BCUT2D eigenvalue weighted by atomic mass is 35.5. The van der Waals surface area contributed by atoms with Crippen molar-refractivity contribution in [1.29, 1.82) is 0 Å². The van der Waals surface area contributed by atoms with E-state index < -0.39 is 0 Å². The first-order chi connectivity index (χ1) is 11.6. The third kappa shape index (κ3) is 2.84. The lowest BCUT2D eigenvalue weighted by atomic mass is 10.1. The molecule has 2 aromatic rings. The van der Waals surface area contributed by atoms with Crippen LogP contribution in [0.15, 0.2) is 30.5 Å². The topological polar surface area (TPSA) is 38.1 Å². The number of hydrogen-bond acceptors (Lipinski definition) is 2. The molecule has 1 amide bonds. The molecule has 2 aliphatic rings. The molecule has 1 heterocycles. The summed E-state index contributed by atoms with van der Waals surface area (Å²) in [6.45, 7) is 1.96. The fourth-order valence-corrected chi connectivity index (χ4v) is 3.98. The van der Waals surface area contributed by atoms with Crippen LogP contribution >= 0.6 is 11.6 Å². The fraction of sp³-hybridized carbons (Fsp3) is 0.474. The second kappa shape index (κ2) is 6.25. The number of rotatable bonds is 4. The third-order valence-corrected chi connectivity index (χ3v) is 5.42. The first-order valence-electron chi connectivity index (χ1n) is 8.78. The van der Waals surface area contributed by atoms with Crippen molar-refractivity contribution in [2.45, 2.75) is 57.5 Å². The van der Waals surface area contributed by atoms with Gasteiger partial charge in [-0.3, -0.25) is 4.79 Å². The zero-order valence-electron chi connectivity index (χ0n) is 13.9. The number of halogens is 1. The molecule has 2 aliphatic carbocycles. The molecule has 0 atom stereocenters. The van der Waals surface area contributed by atoms with Crippen LogP contribution in [0.2, 0.25) is 5.02 Å². The van der Waals surface area contributed by atoms with E-state index in [9.17, 15) is 4.79 Å². The molecule has 0 aliphatic heterocycles. The molecule has 4 rings (SSSR count). The van der Waals surface area contributed by atoms with E-state index in [-0.39, 0.29) is 5.91 Å². The fourth-order valence-electron chi connectivity index (χ4n) is 3.79. The summed E-state index contributed by atoms with van der Waals surface area (Å²) in [5.74, 6) is 0.148. The summed E-state index contributed by atoms with van der Waals surface area (Å²) in [5, 5.41) is 5.11. The minimum atomic E-state index is 0.148. The van der Waals surface area contributed by atoms with Crippen LogP contribution < -0.4 is 0 Å². The number of benzene rings is 1. The van der Waals surface area contributed by atoms with E-state index in [4.69, 9.17) is 11.6 Å². The highest BCUT2D eigenvalue weighted by Crippen LogP contribution is 2.36. The highest BCUT2D eigenvalue weighted by molar-refractivity contribution is 6.30. The molecule has 126 valence electrons. The summed E-state index contributed by atoms with van der Waals surface area (Å²) in [4.78, 5) is 15.3. The molecule has 0 unspecified atom stereocenters. The Morgan fingerprint density at radius 3 is 2.58 bits per heavy atom. The summed E-state index contributed by atoms with van der Waals surface area (Å²) in [5.41, 5.74) is 2.48. The van der Waals surface area contributed by atoms with E-state index in [0.29, 0.717) is 22.7 Å². The Hall–Kier alpha value is -1.81. The number of carbonyl (C=O) groups excluding carboxylic acids is 1. The van der Waals surface area contributed by atoms with Gasteiger partial charge in [0.05, 0.1) is 23.1 Å². The number of nitrogens with zero attached hydrogens (tertiary/aromatic N) is 3. The van der Waals surface area contributed by atoms with Gasteiger partial charge in [-0.2, -0.15) is 5.10 Å². The Morgan fingerprint density at radius 1 is 1.21 bits per heavy atom. The number of hydrogen-bond donors (Lipinski definition) is 0. The van der Waals surface area contributed by atoms with Crippen LogP contribution in [0.25, 0.3) is 5.69 Å². The summed E-state index contributed by atoms with van der Waals surface area (Å²) in [6.07, 6.45) is 8.76. The molecular formula is C19H22ClN3O. The molecule has 4 nitrogen and oxygen atoms in total. The Kier molecular flexibility index (Phi) is 4.09. The largest absolute Gasteiger partial charge is 0.333 e. The number of amides is 1. The van der Waals surface area contributed by atoms with E-state index in [1.165, 1.54) is 12.8 Å². The zero-order chi connectivity index (χ0) is 16.7. The van der Waals surface area contributed by atoms with Gasteiger partial charge in [0.1, 0.15) is 0 Å². The van der Waals surface area contributed by atoms with Gasteiger partial charge in [-0.1, -0.05) is 30.5 Å². The molecule has 0 N–H and O–H groups in total. The molecular weight excluding hydrogens is 322 g/mol. The molecule has 2 fully saturated rings. The molecule has 0 radical (unpaired) electrons. The molecule has 1 aromatic carbocycles. The summed E-state index contributed by atoms with van der Waals surface area (Å²) >= 11 is 6.09. The molecule has 0 bridgehead atoms. The third-order valence-electron chi connectivity index (χ3n) is 5.19. The Labute approximate surface area is 147 Å². The Morgan fingerprint density at radius 2 is 1.92 bits per heavy atom. The molecule has 0 saturated heterocycles. The quantitative estimate of drug-likeness (QED) is 0.826. The van der Waals surface area contributed by atoms with Gasteiger partial charge in [-0.25, -0.2) is 4.68 Å². The van der Waals surface area contributed by atoms with E-state index in [0.717, 1.165) is 37.1 Å². The van der Waals surface area contributed by atoms with Crippen LogP contribution in [0, 0.1) is 6.92 Å². The molecule has 2 saturated carbocycles. The van der Waals surface area contributed by atoms with E-state index in [1.807, 2.05) is 31.2 Å². The van der Waals surface area contributed by atoms with Crippen molar-refractivity contribution in [3.05, 3.63) is 46.7 Å². The normalized spacial score (nSPS) is 18.1. The SMILES string of the molecule is Cc1c(C(=O)N(C2CCCC2)C2CC2)cnn1-c1cccc(Cl)c1. The van der Waals surface area contributed by atoms with Crippen molar-refractivity contribution < 1.29 is 4.79 Å². The van der Waals surface area contributed by atoms with E-state index in [2.05, 4.69) is 10.00 Å². The Balaban J connectivity index is 1.65. The maximum absolute atomic E-state index is 13.2. The monoisotopic (exact) mass is 343 g/mol. The van der Waals surface area contributed by atoms with Gasteiger partial charge in [-0.15, -0.1) is 0 Å². The standard InChI is InChI=1S/C19H22ClN3O/c1-13-18(12-21-23(13)17-8-4-5-14(20)11-17)19(24)22(16-9-10-16)15-6-2-3-7-15/h4-5,8,11-12,15-16H,2-3,6-7,9-10H2,1H3. The number of carbonyl (C=O) groups is 1.